The van der Waals surface area contributed by atoms with Gasteiger partial charge in [0.15, 0.2) is 0 Å². The van der Waals surface area contributed by atoms with Crippen LogP contribution < -0.4 is 5.32 Å². The Balaban J connectivity index is 1.58. The van der Waals surface area contributed by atoms with E-state index in [1.54, 1.807) is 18.1 Å². The van der Waals surface area contributed by atoms with Crippen molar-refractivity contribution in [1.82, 2.24) is 20.0 Å². The van der Waals surface area contributed by atoms with Crippen molar-refractivity contribution in [1.29, 1.82) is 0 Å². The molecule has 0 bridgehead atoms. The van der Waals surface area contributed by atoms with Gasteiger partial charge in [-0.2, -0.15) is 5.10 Å². The van der Waals surface area contributed by atoms with Crippen molar-refractivity contribution in [2.45, 2.75) is 26.1 Å². The first-order chi connectivity index (χ1) is 13.0. The molecule has 5 nitrogen and oxygen atoms in total. The predicted molar refractivity (Wildman–Crippen MR) is 108 cm³/mol. The summed E-state index contributed by atoms with van der Waals surface area (Å²) in [6.45, 7) is 3.16. The lowest BCUT2D eigenvalue weighted by Gasteiger charge is -2.25. The molecule has 0 fully saturated rings. The van der Waals surface area contributed by atoms with Crippen molar-refractivity contribution >= 4 is 17.6 Å². The summed E-state index contributed by atoms with van der Waals surface area (Å²) >= 11 is 6.05. The summed E-state index contributed by atoms with van der Waals surface area (Å²) in [5, 5.41) is 7.87. The van der Waals surface area contributed by atoms with Gasteiger partial charge < -0.3 is 10.2 Å². The Hall–Kier alpha value is -2.79. The minimum atomic E-state index is -0.125. The van der Waals surface area contributed by atoms with E-state index in [0.717, 1.165) is 16.7 Å². The Morgan fingerprint density at radius 1 is 1.19 bits per heavy atom. The van der Waals surface area contributed by atoms with Gasteiger partial charge in [0.1, 0.15) is 0 Å². The van der Waals surface area contributed by atoms with Gasteiger partial charge in [0.05, 0.1) is 12.6 Å². The molecule has 2 amide bonds. The molecule has 1 unspecified atom stereocenters. The van der Waals surface area contributed by atoms with E-state index in [1.807, 2.05) is 60.3 Å². The van der Waals surface area contributed by atoms with Crippen molar-refractivity contribution < 1.29 is 4.79 Å². The zero-order chi connectivity index (χ0) is 19.2. The molecule has 3 aromatic rings. The molecule has 6 heteroatoms. The number of hydrogen-bond acceptors (Lipinski definition) is 2. The third kappa shape index (κ3) is 5.11. The molecule has 0 radical (unpaired) electrons. The molecule has 140 valence electrons. The number of benzene rings is 2. The van der Waals surface area contributed by atoms with Crippen LogP contribution >= 0.6 is 11.6 Å². The van der Waals surface area contributed by atoms with Crippen LogP contribution in [-0.2, 0) is 13.1 Å². The maximum absolute atomic E-state index is 12.5. The Labute approximate surface area is 164 Å². The van der Waals surface area contributed by atoms with E-state index in [4.69, 9.17) is 11.6 Å². The van der Waals surface area contributed by atoms with Crippen molar-refractivity contribution in [3.05, 3.63) is 88.7 Å². The van der Waals surface area contributed by atoms with Gasteiger partial charge in [-0.25, -0.2) is 4.79 Å². The highest BCUT2D eigenvalue weighted by Gasteiger charge is 2.17. The second kappa shape index (κ2) is 8.73. The molecule has 3 rings (SSSR count). The summed E-state index contributed by atoms with van der Waals surface area (Å²) in [4.78, 5) is 14.2. The first-order valence-corrected chi connectivity index (χ1v) is 9.22. The number of aromatic nitrogens is 2. The summed E-state index contributed by atoms with van der Waals surface area (Å²) in [7, 11) is 1.79. The van der Waals surface area contributed by atoms with Crippen molar-refractivity contribution in [3.8, 4) is 0 Å². The largest absolute Gasteiger partial charge is 0.334 e. The number of carbonyl (C=O) groups excluding carboxylic acids is 1. The van der Waals surface area contributed by atoms with Crippen LogP contribution in [0.25, 0.3) is 0 Å². The van der Waals surface area contributed by atoms with Crippen LogP contribution in [0.3, 0.4) is 0 Å². The van der Waals surface area contributed by atoms with E-state index in [1.165, 1.54) is 0 Å². The maximum atomic E-state index is 12.5. The number of amides is 2. The molecule has 1 N–H and O–H groups in total. The molecular weight excluding hydrogens is 360 g/mol. The van der Waals surface area contributed by atoms with Gasteiger partial charge in [0.2, 0.25) is 0 Å². The highest BCUT2D eigenvalue weighted by atomic mass is 35.5. The van der Waals surface area contributed by atoms with E-state index < -0.39 is 0 Å². The molecule has 0 aliphatic heterocycles. The molecule has 1 aromatic heterocycles. The highest BCUT2D eigenvalue weighted by molar-refractivity contribution is 6.30. The highest BCUT2D eigenvalue weighted by Crippen LogP contribution is 2.21. The number of hydrogen-bond donors (Lipinski definition) is 1. The SMILES string of the molecule is CC(c1cccc(Cl)c1)N(C)C(=O)NCc1cccc(Cn2cccn2)c1. The number of carbonyl (C=O) groups is 1. The summed E-state index contributed by atoms with van der Waals surface area (Å²) in [6.07, 6.45) is 3.70. The summed E-state index contributed by atoms with van der Waals surface area (Å²) < 4.78 is 1.87. The lowest BCUT2D eigenvalue weighted by Crippen LogP contribution is -2.38. The van der Waals surface area contributed by atoms with Crippen LogP contribution in [-0.4, -0.2) is 27.8 Å². The van der Waals surface area contributed by atoms with Crippen molar-refractivity contribution in [2.75, 3.05) is 7.05 Å². The molecule has 0 saturated carbocycles. The Bertz CT molecular complexity index is 895. The van der Waals surface area contributed by atoms with Crippen molar-refractivity contribution in [2.24, 2.45) is 0 Å². The van der Waals surface area contributed by atoms with Crippen molar-refractivity contribution in [3.63, 3.8) is 0 Å². The Morgan fingerprint density at radius 2 is 1.96 bits per heavy atom. The average molecular weight is 383 g/mol. The lowest BCUT2D eigenvalue weighted by atomic mass is 10.1. The van der Waals surface area contributed by atoms with E-state index in [0.29, 0.717) is 18.1 Å². The second-order valence-corrected chi connectivity index (χ2v) is 6.96. The lowest BCUT2D eigenvalue weighted by molar-refractivity contribution is 0.194. The molecule has 1 heterocycles. The number of nitrogens with one attached hydrogen (secondary N) is 1. The Morgan fingerprint density at radius 3 is 2.70 bits per heavy atom. The van der Waals surface area contributed by atoms with Gasteiger partial charge in [-0.15, -0.1) is 0 Å². The van der Waals surface area contributed by atoms with Crippen LogP contribution in [0.1, 0.15) is 29.7 Å². The molecule has 2 aromatic carbocycles. The fourth-order valence-electron chi connectivity index (χ4n) is 2.89. The van der Waals surface area contributed by atoms with Crippen LogP contribution in [0.5, 0.6) is 0 Å². The fourth-order valence-corrected chi connectivity index (χ4v) is 3.09. The minimum Gasteiger partial charge on any atom is -0.334 e. The first kappa shape index (κ1) is 19.0. The van der Waals surface area contributed by atoms with Crippen LogP contribution in [0, 0.1) is 0 Å². The van der Waals surface area contributed by atoms with Gasteiger partial charge in [0, 0.05) is 31.0 Å². The van der Waals surface area contributed by atoms with Crippen LogP contribution in [0.4, 0.5) is 4.79 Å². The zero-order valence-electron chi connectivity index (χ0n) is 15.5. The van der Waals surface area contributed by atoms with Gasteiger partial charge in [-0.05, 0) is 41.8 Å². The molecule has 0 spiro atoms. The number of nitrogens with zero attached hydrogens (tertiary/aromatic N) is 3. The molecule has 0 aliphatic rings. The normalized spacial score (nSPS) is 11.8. The average Bonchev–Trinajstić information content (AvgIpc) is 3.18. The standard InChI is InChI=1S/C21H23ClN4O/c1-16(19-8-4-9-20(22)13-19)25(2)21(27)23-14-17-6-3-7-18(12-17)15-26-11-5-10-24-26/h3-13,16H,14-15H2,1-2H3,(H,23,27). The number of halogens is 1. The first-order valence-electron chi connectivity index (χ1n) is 8.84. The summed E-state index contributed by atoms with van der Waals surface area (Å²) in [6, 6.07) is 17.4. The smallest absolute Gasteiger partial charge is 0.317 e. The van der Waals surface area contributed by atoms with E-state index >= 15 is 0 Å². The second-order valence-electron chi connectivity index (χ2n) is 6.52. The quantitative estimate of drug-likeness (QED) is 0.683. The molecule has 27 heavy (non-hydrogen) atoms. The zero-order valence-corrected chi connectivity index (χ0v) is 16.2. The third-order valence-corrected chi connectivity index (χ3v) is 4.81. The summed E-state index contributed by atoms with van der Waals surface area (Å²) in [5.74, 6) is 0. The summed E-state index contributed by atoms with van der Waals surface area (Å²) in [5.41, 5.74) is 3.20. The van der Waals surface area contributed by atoms with E-state index in [-0.39, 0.29) is 12.1 Å². The Kier molecular flexibility index (Phi) is 6.14. The third-order valence-electron chi connectivity index (χ3n) is 4.57. The fraction of sp³-hybridized carbons (Fsp3) is 0.238. The minimum absolute atomic E-state index is 0.0742. The van der Waals surface area contributed by atoms with Crippen LogP contribution in [0.2, 0.25) is 5.02 Å². The van der Waals surface area contributed by atoms with E-state index in [9.17, 15) is 4.79 Å². The van der Waals surface area contributed by atoms with Gasteiger partial charge in [-0.3, -0.25) is 4.68 Å². The van der Waals surface area contributed by atoms with Gasteiger partial charge in [0.25, 0.3) is 0 Å². The van der Waals surface area contributed by atoms with Crippen LogP contribution in [0.15, 0.2) is 67.0 Å². The molecular formula is C21H23ClN4O. The van der Waals surface area contributed by atoms with Gasteiger partial charge >= 0.3 is 6.03 Å². The molecule has 0 aliphatic carbocycles. The topological polar surface area (TPSA) is 50.2 Å². The number of urea groups is 1. The predicted octanol–water partition coefficient (Wildman–Crippen LogP) is 4.49. The van der Waals surface area contributed by atoms with E-state index in [2.05, 4.69) is 22.5 Å². The van der Waals surface area contributed by atoms with Gasteiger partial charge in [-0.1, -0.05) is 48.0 Å². The number of rotatable bonds is 6. The molecule has 1 atom stereocenters. The maximum Gasteiger partial charge on any atom is 0.317 e. The monoisotopic (exact) mass is 382 g/mol. The molecule has 0 saturated heterocycles.